The molecule has 0 unspecified atom stereocenters. The number of piperidine rings is 1. The summed E-state index contributed by atoms with van der Waals surface area (Å²) in [5, 5.41) is 3.53. The van der Waals surface area contributed by atoms with E-state index in [0.29, 0.717) is 24.4 Å². The number of likely N-dealkylation sites (tertiary alicyclic amines) is 1. The van der Waals surface area contributed by atoms with E-state index >= 15 is 0 Å². The van der Waals surface area contributed by atoms with Crippen LogP contribution in [0.3, 0.4) is 0 Å². The van der Waals surface area contributed by atoms with Crippen LogP contribution in [0.4, 0.5) is 8.78 Å². The first kappa shape index (κ1) is 17.4. The molecule has 2 heterocycles. The van der Waals surface area contributed by atoms with Crippen molar-refractivity contribution in [2.45, 2.75) is 26.3 Å². The summed E-state index contributed by atoms with van der Waals surface area (Å²) in [5.74, 6) is 0.574. The molecule has 3 rings (SSSR count). The molecule has 0 spiro atoms. The van der Waals surface area contributed by atoms with Gasteiger partial charge in [-0.05, 0) is 38.0 Å². The van der Waals surface area contributed by atoms with Crippen LogP contribution >= 0.6 is 0 Å². The van der Waals surface area contributed by atoms with Crippen LogP contribution in [0.1, 0.15) is 35.4 Å². The van der Waals surface area contributed by atoms with Crippen molar-refractivity contribution in [1.82, 2.24) is 14.7 Å². The molecule has 134 valence electrons. The third kappa shape index (κ3) is 4.15. The van der Waals surface area contributed by atoms with E-state index in [0.717, 1.165) is 24.2 Å². The average molecular weight is 349 g/mol. The second-order valence-corrected chi connectivity index (χ2v) is 6.32. The van der Waals surface area contributed by atoms with Crippen LogP contribution < -0.4 is 4.74 Å². The fourth-order valence-electron chi connectivity index (χ4n) is 3.04. The van der Waals surface area contributed by atoms with Gasteiger partial charge in [0.1, 0.15) is 11.4 Å². The molecule has 1 saturated heterocycles. The number of carbonyl (C=O) groups is 1. The second-order valence-electron chi connectivity index (χ2n) is 6.32. The second kappa shape index (κ2) is 7.63. The number of amides is 1. The van der Waals surface area contributed by atoms with Crippen molar-refractivity contribution in [3.05, 3.63) is 47.8 Å². The molecule has 1 aromatic heterocycles. The van der Waals surface area contributed by atoms with Crippen molar-refractivity contribution in [3.63, 3.8) is 0 Å². The predicted molar refractivity (Wildman–Crippen MR) is 88.8 cm³/mol. The van der Waals surface area contributed by atoms with Gasteiger partial charge in [-0.1, -0.05) is 17.7 Å². The Morgan fingerprint density at radius 3 is 2.80 bits per heavy atom. The first-order valence-corrected chi connectivity index (χ1v) is 8.35. The van der Waals surface area contributed by atoms with Gasteiger partial charge in [0.15, 0.2) is 0 Å². The van der Waals surface area contributed by atoms with Gasteiger partial charge >= 0.3 is 6.55 Å². The van der Waals surface area contributed by atoms with Gasteiger partial charge in [0.05, 0.1) is 6.61 Å². The molecule has 1 fully saturated rings. The number of hydrogen-bond acceptors (Lipinski definition) is 3. The van der Waals surface area contributed by atoms with Crippen molar-refractivity contribution in [1.29, 1.82) is 0 Å². The van der Waals surface area contributed by atoms with Gasteiger partial charge in [-0.3, -0.25) is 4.79 Å². The topological polar surface area (TPSA) is 47.4 Å². The zero-order valence-electron chi connectivity index (χ0n) is 14.1. The first-order chi connectivity index (χ1) is 12.0. The number of halogens is 2. The lowest BCUT2D eigenvalue weighted by Gasteiger charge is -2.32. The standard InChI is InChI=1S/C18H21F2N3O2/c1-13-4-6-15(7-5-13)25-12-14-3-2-10-22(11-14)17(24)16-8-9-21-23(16)18(19)20/h4-9,14,18H,2-3,10-12H2,1H3/t14-/m1/s1. The Kier molecular flexibility index (Phi) is 5.31. The van der Waals surface area contributed by atoms with Crippen LogP contribution in [-0.2, 0) is 0 Å². The predicted octanol–water partition coefficient (Wildman–Crippen LogP) is 3.52. The number of ether oxygens (including phenoxy) is 1. The minimum absolute atomic E-state index is 0.0740. The highest BCUT2D eigenvalue weighted by molar-refractivity contribution is 5.92. The van der Waals surface area contributed by atoms with E-state index < -0.39 is 12.5 Å². The summed E-state index contributed by atoms with van der Waals surface area (Å²) in [6, 6.07) is 9.14. The maximum atomic E-state index is 12.9. The Bertz CT molecular complexity index is 715. The van der Waals surface area contributed by atoms with Crippen molar-refractivity contribution < 1.29 is 18.3 Å². The molecular weight excluding hydrogens is 328 g/mol. The maximum Gasteiger partial charge on any atom is 0.333 e. The Labute approximate surface area is 145 Å². The van der Waals surface area contributed by atoms with Gasteiger partial charge in [-0.15, -0.1) is 0 Å². The molecule has 0 radical (unpaired) electrons. The van der Waals surface area contributed by atoms with E-state index in [1.54, 1.807) is 4.90 Å². The monoisotopic (exact) mass is 349 g/mol. The van der Waals surface area contributed by atoms with Crippen molar-refractivity contribution in [2.24, 2.45) is 5.92 Å². The van der Waals surface area contributed by atoms with E-state index in [-0.39, 0.29) is 11.6 Å². The molecule has 0 N–H and O–H groups in total. The number of benzene rings is 1. The van der Waals surface area contributed by atoms with Crippen LogP contribution in [0.5, 0.6) is 5.75 Å². The third-order valence-corrected chi connectivity index (χ3v) is 4.39. The van der Waals surface area contributed by atoms with Gasteiger partial charge in [0, 0.05) is 25.2 Å². The van der Waals surface area contributed by atoms with Crippen LogP contribution in [0.2, 0.25) is 0 Å². The smallest absolute Gasteiger partial charge is 0.333 e. The summed E-state index contributed by atoms with van der Waals surface area (Å²) < 4.78 is 32.1. The summed E-state index contributed by atoms with van der Waals surface area (Å²) in [6.45, 7) is 0.756. The number of aromatic nitrogens is 2. The van der Waals surface area contributed by atoms with Crippen molar-refractivity contribution in [2.75, 3.05) is 19.7 Å². The van der Waals surface area contributed by atoms with Crippen LogP contribution in [0.25, 0.3) is 0 Å². The zero-order chi connectivity index (χ0) is 17.8. The minimum Gasteiger partial charge on any atom is -0.493 e. The summed E-state index contributed by atoms with van der Waals surface area (Å²) in [4.78, 5) is 14.1. The molecule has 1 atom stereocenters. The van der Waals surface area contributed by atoms with Crippen LogP contribution in [0.15, 0.2) is 36.5 Å². The lowest BCUT2D eigenvalue weighted by atomic mass is 9.98. The minimum atomic E-state index is -2.82. The van der Waals surface area contributed by atoms with Gasteiger partial charge in [-0.25, -0.2) is 0 Å². The summed E-state index contributed by atoms with van der Waals surface area (Å²) in [6.07, 6.45) is 3.00. The lowest BCUT2D eigenvalue weighted by molar-refractivity contribution is 0.0425. The van der Waals surface area contributed by atoms with Gasteiger partial charge in [-0.2, -0.15) is 18.6 Å². The molecule has 1 aromatic carbocycles. The third-order valence-electron chi connectivity index (χ3n) is 4.39. The number of alkyl halides is 2. The summed E-state index contributed by atoms with van der Waals surface area (Å²) in [7, 11) is 0. The summed E-state index contributed by atoms with van der Waals surface area (Å²) in [5.41, 5.74) is 1.09. The van der Waals surface area contributed by atoms with Gasteiger partial charge in [0.2, 0.25) is 0 Å². The molecule has 1 aliphatic rings. The molecule has 5 nitrogen and oxygen atoms in total. The first-order valence-electron chi connectivity index (χ1n) is 8.35. The molecule has 1 amide bonds. The fourth-order valence-corrected chi connectivity index (χ4v) is 3.04. The van der Waals surface area contributed by atoms with Gasteiger partial charge in [0.25, 0.3) is 5.91 Å². The Hall–Kier alpha value is -2.44. The molecule has 1 aliphatic heterocycles. The zero-order valence-corrected chi connectivity index (χ0v) is 14.1. The molecule has 25 heavy (non-hydrogen) atoms. The van der Waals surface area contributed by atoms with Crippen LogP contribution in [-0.4, -0.2) is 40.3 Å². The molecule has 0 saturated carbocycles. The van der Waals surface area contributed by atoms with E-state index in [4.69, 9.17) is 4.74 Å². The fraction of sp³-hybridized carbons (Fsp3) is 0.444. The number of carbonyl (C=O) groups excluding carboxylic acids is 1. The average Bonchev–Trinajstić information content (AvgIpc) is 3.11. The quantitative estimate of drug-likeness (QED) is 0.830. The normalized spacial score (nSPS) is 17.8. The highest BCUT2D eigenvalue weighted by Crippen LogP contribution is 2.22. The lowest BCUT2D eigenvalue weighted by Crippen LogP contribution is -2.42. The van der Waals surface area contributed by atoms with E-state index in [2.05, 4.69) is 5.10 Å². The van der Waals surface area contributed by atoms with E-state index in [9.17, 15) is 13.6 Å². The molecular formula is C18H21F2N3O2. The number of hydrogen-bond donors (Lipinski definition) is 0. The van der Waals surface area contributed by atoms with Crippen LogP contribution in [0, 0.1) is 12.8 Å². The maximum absolute atomic E-state index is 12.9. The van der Waals surface area contributed by atoms with Gasteiger partial charge < -0.3 is 9.64 Å². The summed E-state index contributed by atoms with van der Waals surface area (Å²) >= 11 is 0. The number of nitrogens with zero attached hydrogens (tertiary/aromatic N) is 3. The Morgan fingerprint density at radius 1 is 1.32 bits per heavy atom. The van der Waals surface area contributed by atoms with Crippen molar-refractivity contribution in [3.8, 4) is 5.75 Å². The number of aryl methyl sites for hydroxylation is 1. The molecule has 0 bridgehead atoms. The Morgan fingerprint density at radius 2 is 2.08 bits per heavy atom. The van der Waals surface area contributed by atoms with E-state index in [1.165, 1.54) is 12.3 Å². The van der Waals surface area contributed by atoms with E-state index in [1.807, 2.05) is 31.2 Å². The molecule has 7 heteroatoms. The number of rotatable bonds is 5. The SMILES string of the molecule is Cc1ccc(OC[C@@H]2CCCN(C(=O)c3ccnn3C(F)F)C2)cc1. The molecule has 0 aliphatic carbocycles. The largest absolute Gasteiger partial charge is 0.493 e. The highest BCUT2D eigenvalue weighted by Gasteiger charge is 2.28. The molecule has 2 aromatic rings. The Balaban J connectivity index is 1.59. The highest BCUT2D eigenvalue weighted by atomic mass is 19.3. The van der Waals surface area contributed by atoms with Crippen molar-refractivity contribution >= 4 is 5.91 Å².